The van der Waals surface area contributed by atoms with Gasteiger partial charge in [0, 0.05) is 18.3 Å². The van der Waals surface area contributed by atoms with Gasteiger partial charge < -0.3 is 9.67 Å². The van der Waals surface area contributed by atoms with Crippen molar-refractivity contribution < 1.29 is 18.3 Å². The van der Waals surface area contributed by atoms with Crippen molar-refractivity contribution in [1.29, 1.82) is 0 Å². The molecule has 1 unspecified atom stereocenters. The molecule has 0 spiro atoms. The lowest BCUT2D eigenvalue weighted by Crippen LogP contribution is -2.33. The topological polar surface area (TPSA) is 88.4 Å². The number of carbonyl (C=O) groups is 1. The number of sulfonamides is 1. The van der Waals surface area contributed by atoms with Crippen LogP contribution in [0, 0.1) is 5.92 Å². The summed E-state index contributed by atoms with van der Waals surface area (Å²) in [5.74, 6) is -0.766. The zero-order valence-electron chi connectivity index (χ0n) is 13.1. The van der Waals surface area contributed by atoms with Crippen molar-refractivity contribution in [1.82, 2.24) is 9.29 Å². The van der Waals surface area contributed by atoms with E-state index in [9.17, 15) is 13.2 Å². The first-order valence-electron chi connectivity index (χ1n) is 7.02. The lowest BCUT2D eigenvalue weighted by atomic mass is 10.1. The van der Waals surface area contributed by atoms with Gasteiger partial charge in [-0.25, -0.2) is 17.9 Å². The number of nitrogens with zero attached hydrogens (tertiary/aromatic N) is 1. The van der Waals surface area contributed by atoms with E-state index in [0.717, 1.165) is 6.42 Å². The van der Waals surface area contributed by atoms with Crippen molar-refractivity contribution in [2.75, 3.05) is 0 Å². The molecule has 0 amide bonds. The average molecular weight is 316 g/mol. The molecule has 1 heterocycles. The van der Waals surface area contributed by atoms with Crippen LogP contribution in [0.1, 0.15) is 57.6 Å². The molecule has 0 fully saturated rings. The summed E-state index contributed by atoms with van der Waals surface area (Å²) in [6.07, 6.45) is 2.09. The van der Waals surface area contributed by atoms with Gasteiger partial charge in [0.05, 0.1) is 0 Å². The van der Waals surface area contributed by atoms with Crippen LogP contribution in [-0.2, 0) is 10.0 Å². The molecule has 1 atom stereocenters. The van der Waals surface area contributed by atoms with Crippen LogP contribution in [0.15, 0.2) is 17.2 Å². The standard InChI is InChI=1S/C14H24N2O4S/c1-9(2)6-11(5)15-21(19,20)12-7-13(14(17)18)16(8-12)10(3)4/h7-11,15H,6H2,1-5H3,(H,17,18). The highest BCUT2D eigenvalue weighted by molar-refractivity contribution is 7.89. The summed E-state index contributed by atoms with van der Waals surface area (Å²) in [5, 5.41) is 9.16. The van der Waals surface area contributed by atoms with Crippen LogP contribution >= 0.6 is 0 Å². The van der Waals surface area contributed by atoms with E-state index in [1.807, 2.05) is 13.8 Å². The molecular formula is C14H24N2O4S. The molecule has 1 rings (SSSR count). The van der Waals surface area contributed by atoms with Crippen molar-refractivity contribution in [2.24, 2.45) is 5.92 Å². The quantitative estimate of drug-likeness (QED) is 0.809. The van der Waals surface area contributed by atoms with Gasteiger partial charge in [-0.15, -0.1) is 0 Å². The second kappa shape index (κ2) is 6.62. The second-order valence-electron chi connectivity index (χ2n) is 6.02. The smallest absolute Gasteiger partial charge is 0.352 e. The van der Waals surface area contributed by atoms with E-state index in [0.29, 0.717) is 5.92 Å². The minimum absolute atomic E-state index is 0.00999. The number of aromatic carboxylic acids is 1. The first kappa shape index (κ1) is 17.7. The number of carboxylic acid groups (broad SMARTS) is 1. The molecule has 0 saturated heterocycles. The largest absolute Gasteiger partial charge is 0.477 e. The first-order chi connectivity index (χ1) is 9.54. The number of hydrogen-bond donors (Lipinski definition) is 2. The van der Waals surface area contributed by atoms with Gasteiger partial charge >= 0.3 is 5.97 Å². The highest BCUT2D eigenvalue weighted by atomic mass is 32.2. The molecule has 0 aliphatic carbocycles. The maximum atomic E-state index is 12.3. The van der Waals surface area contributed by atoms with Crippen LogP contribution in [0.5, 0.6) is 0 Å². The van der Waals surface area contributed by atoms with Crippen LogP contribution in [0.2, 0.25) is 0 Å². The third kappa shape index (κ3) is 4.57. The zero-order chi connectivity index (χ0) is 16.4. The van der Waals surface area contributed by atoms with E-state index in [4.69, 9.17) is 5.11 Å². The van der Waals surface area contributed by atoms with Crippen LogP contribution in [-0.4, -0.2) is 30.1 Å². The van der Waals surface area contributed by atoms with Gasteiger partial charge in [-0.05, 0) is 39.2 Å². The van der Waals surface area contributed by atoms with E-state index in [2.05, 4.69) is 4.72 Å². The van der Waals surface area contributed by atoms with Crippen molar-refractivity contribution in [3.8, 4) is 0 Å². The summed E-state index contributed by atoms with van der Waals surface area (Å²) in [5.41, 5.74) is -0.0260. The molecule has 1 aromatic heterocycles. The Labute approximate surface area is 126 Å². The Kier molecular flexibility index (Phi) is 5.58. The van der Waals surface area contributed by atoms with Crippen LogP contribution in [0.4, 0.5) is 0 Å². The average Bonchev–Trinajstić information content (AvgIpc) is 2.71. The van der Waals surface area contributed by atoms with Gasteiger partial charge in [0.25, 0.3) is 0 Å². The predicted octanol–water partition coefficient (Wildman–Crippen LogP) is 2.48. The fourth-order valence-corrected chi connectivity index (χ4v) is 3.57. The van der Waals surface area contributed by atoms with Crippen molar-refractivity contribution >= 4 is 16.0 Å². The molecule has 0 radical (unpaired) electrons. The first-order valence-corrected chi connectivity index (χ1v) is 8.50. The van der Waals surface area contributed by atoms with Crippen LogP contribution in [0.3, 0.4) is 0 Å². The minimum atomic E-state index is -3.71. The van der Waals surface area contributed by atoms with Crippen LogP contribution in [0.25, 0.3) is 0 Å². The Morgan fingerprint density at radius 1 is 1.29 bits per heavy atom. The maximum absolute atomic E-state index is 12.3. The third-order valence-corrected chi connectivity index (χ3v) is 4.65. The molecule has 0 bridgehead atoms. The molecule has 21 heavy (non-hydrogen) atoms. The summed E-state index contributed by atoms with van der Waals surface area (Å²) in [6, 6.07) is 0.867. The normalized spacial score (nSPS) is 13.9. The SMILES string of the molecule is CC(C)CC(C)NS(=O)(=O)c1cc(C(=O)O)n(C(C)C)c1. The number of hydrogen-bond acceptors (Lipinski definition) is 3. The summed E-state index contributed by atoms with van der Waals surface area (Å²) in [7, 11) is -3.71. The Morgan fingerprint density at radius 3 is 2.24 bits per heavy atom. The van der Waals surface area contributed by atoms with Gasteiger partial charge in [-0.2, -0.15) is 0 Å². The lowest BCUT2D eigenvalue weighted by Gasteiger charge is -2.15. The Morgan fingerprint density at radius 2 is 1.86 bits per heavy atom. The van der Waals surface area contributed by atoms with Crippen molar-refractivity contribution in [3.05, 3.63) is 18.0 Å². The number of carboxylic acids is 1. The van der Waals surface area contributed by atoms with E-state index in [-0.39, 0.29) is 22.7 Å². The van der Waals surface area contributed by atoms with Gasteiger partial charge in [0.1, 0.15) is 10.6 Å². The highest BCUT2D eigenvalue weighted by Crippen LogP contribution is 2.19. The zero-order valence-corrected chi connectivity index (χ0v) is 13.9. The number of rotatable bonds is 7. The molecule has 6 nitrogen and oxygen atoms in total. The molecule has 120 valence electrons. The molecule has 0 aromatic carbocycles. The second-order valence-corrected chi connectivity index (χ2v) is 7.73. The molecule has 0 aliphatic heterocycles. The maximum Gasteiger partial charge on any atom is 0.352 e. The van der Waals surface area contributed by atoms with Gasteiger partial charge in [-0.3, -0.25) is 0 Å². The van der Waals surface area contributed by atoms with Gasteiger partial charge in [0.15, 0.2) is 0 Å². The van der Waals surface area contributed by atoms with E-state index in [1.165, 1.54) is 16.8 Å². The molecule has 7 heteroatoms. The lowest BCUT2D eigenvalue weighted by molar-refractivity contribution is 0.0683. The minimum Gasteiger partial charge on any atom is -0.477 e. The van der Waals surface area contributed by atoms with E-state index in [1.54, 1.807) is 20.8 Å². The monoisotopic (exact) mass is 316 g/mol. The van der Waals surface area contributed by atoms with Crippen molar-refractivity contribution in [3.63, 3.8) is 0 Å². The molecule has 0 aliphatic rings. The summed E-state index contributed by atoms with van der Waals surface area (Å²) in [4.78, 5) is 11.2. The Hall–Kier alpha value is -1.34. The predicted molar refractivity (Wildman–Crippen MR) is 81.0 cm³/mol. The summed E-state index contributed by atoms with van der Waals surface area (Å²) >= 11 is 0. The summed E-state index contributed by atoms with van der Waals surface area (Å²) in [6.45, 7) is 9.44. The van der Waals surface area contributed by atoms with E-state index < -0.39 is 16.0 Å². The Bertz CT molecular complexity index is 602. The summed E-state index contributed by atoms with van der Waals surface area (Å²) < 4.78 is 28.7. The van der Waals surface area contributed by atoms with Gasteiger partial charge in [-0.1, -0.05) is 13.8 Å². The molecule has 0 saturated carbocycles. The number of nitrogens with one attached hydrogen (secondary N) is 1. The van der Waals surface area contributed by atoms with Gasteiger partial charge in [0.2, 0.25) is 10.0 Å². The van der Waals surface area contributed by atoms with Crippen molar-refractivity contribution in [2.45, 2.75) is 58.0 Å². The molecule has 2 N–H and O–H groups in total. The third-order valence-electron chi connectivity index (χ3n) is 3.09. The van der Waals surface area contributed by atoms with E-state index >= 15 is 0 Å². The number of aromatic nitrogens is 1. The van der Waals surface area contributed by atoms with Crippen LogP contribution < -0.4 is 4.72 Å². The fourth-order valence-electron chi connectivity index (χ4n) is 2.29. The Balaban J connectivity index is 3.09. The highest BCUT2D eigenvalue weighted by Gasteiger charge is 2.24. The fraction of sp³-hybridized carbons (Fsp3) is 0.643. The molecule has 1 aromatic rings. The molecular weight excluding hydrogens is 292 g/mol.